The summed E-state index contributed by atoms with van der Waals surface area (Å²) >= 11 is 0. The summed E-state index contributed by atoms with van der Waals surface area (Å²) < 4.78 is 76.7. The number of aliphatic hydroxyl groups is 19. The third kappa shape index (κ3) is 15.5. The Labute approximate surface area is 488 Å². The Morgan fingerprint density at radius 3 is 1.17 bits per heavy atom. The minimum absolute atomic E-state index is 0.779. The summed E-state index contributed by atoms with van der Waals surface area (Å²) in [6.07, 6.45) is -62.2. The van der Waals surface area contributed by atoms with Crippen molar-refractivity contribution in [2.24, 2.45) is 0 Å². The average molecular weight is 1260 g/mol. The van der Waals surface area contributed by atoms with Crippen LogP contribution in [-0.2, 0) is 76.0 Å². The fraction of sp³-hybridized carbons (Fsp3) is 0.938. The summed E-state index contributed by atoms with van der Waals surface area (Å²) in [5.74, 6) is -2.55. The Kier molecular flexibility index (Phi) is 25.0. The van der Waals surface area contributed by atoms with Crippen LogP contribution in [0.3, 0.4) is 0 Å². The lowest BCUT2D eigenvalue weighted by molar-refractivity contribution is -0.398. The van der Waals surface area contributed by atoms with E-state index in [9.17, 15) is 111 Å². The van der Waals surface area contributed by atoms with E-state index in [4.69, 9.17) is 61.6 Å². The van der Waals surface area contributed by atoms with E-state index in [1.807, 2.05) is 0 Å². The maximum atomic E-state index is 13.0. The zero-order valence-corrected chi connectivity index (χ0v) is 46.5. The highest BCUT2D eigenvalue weighted by Crippen LogP contribution is 2.38. The van der Waals surface area contributed by atoms with Crippen molar-refractivity contribution >= 4 is 17.7 Å². The van der Waals surface area contributed by atoms with Gasteiger partial charge in [0, 0.05) is 20.8 Å². The standard InChI is InChI=1S/C48H81N3O35/c1-11-24(59)31(66)34(69)45(76-11)74-9-19-39(29(64)21(42(73)77-19)49-12(2)56)83-44-23(51-14(4)58)30(65)38(18(8-55)81-44)84-48-37(72)41(86-47-36(71)33(68)27(62)17(7-54)80-47)40(85-43-22(50-13(3)57)28(63)25(60)15(5-52)78-43)20(82-48)10-75-46-35(70)32(67)26(61)16(6-53)79-46/h11,15-48,52-55,59-73H,5-10H2,1-4H3,(H,49,56)(H,50,57)(H,51,58)/t11-,15+,16+,17+,18+,19+,20+,21+,22+,23+,24+,25+,26+,27+,28+,29+,30+,31+,32-,33-,34-,35-,36-,37-,38+,39+,40+,41+,42+,43-,44-,45+,46-,47+,48-/m0/s1. The van der Waals surface area contributed by atoms with Crippen molar-refractivity contribution in [2.75, 3.05) is 39.6 Å². The SMILES string of the molecule is CC(=O)N[C@@H]1[C@@H](O)[C@H](O[C@@H]2O[C@H](CO)[C@@H](O[C@@H]3O[C@H](CO[C@H]4O[C@H](CO)[C@@H](O)[C@H](O)[C@@H]4O)[C@@H](O[C@@H]4O[C@H](CO)[C@@H](O)[C@H](O)[C@H]4NC(C)=O)[C@H](O[C@H]4O[C@H](CO)[C@@H](O)[C@H](O)[C@@H]4O)[C@@H]3O)[C@H](O)[C@H]2NC(C)=O)[C@@H](CO[C@@H]2O[C@@H](C)[C@@H](O)[C@@H](O)[C@@H]2O)O[C@H]1O. The minimum Gasteiger partial charge on any atom is -0.394 e. The molecule has 0 radical (unpaired) electrons. The van der Waals surface area contributed by atoms with Gasteiger partial charge < -0.3 is 175 Å². The van der Waals surface area contributed by atoms with Gasteiger partial charge in [-0.15, -0.1) is 0 Å². The van der Waals surface area contributed by atoms with Crippen LogP contribution in [0.25, 0.3) is 0 Å². The van der Waals surface area contributed by atoms with E-state index in [0.717, 1.165) is 20.8 Å². The molecular weight excluding hydrogens is 1180 g/mol. The molecule has 7 aliphatic rings. The fourth-order valence-corrected chi connectivity index (χ4v) is 10.9. The zero-order chi connectivity index (χ0) is 63.5. The molecular formula is C48H81N3O35. The van der Waals surface area contributed by atoms with Crippen LogP contribution >= 0.6 is 0 Å². The Hall–Kier alpha value is -2.87. The lowest BCUT2D eigenvalue weighted by atomic mass is 9.93. The molecule has 35 atom stereocenters. The summed E-state index contributed by atoms with van der Waals surface area (Å²) in [5.41, 5.74) is 0. The highest BCUT2D eigenvalue weighted by atomic mass is 16.8. The first-order valence-electron chi connectivity index (χ1n) is 27.5. The van der Waals surface area contributed by atoms with Crippen LogP contribution in [-0.4, -0.2) is 369 Å². The van der Waals surface area contributed by atoms with Gasteiger partial charge in [-0.25, -0.2) is 0 Å². The van der Waals surface area contributed by atoms with E-state index in [1.54, 1.807) is 0 Å². The van der Waals surface area contributed by atoms with E-state index >= 15 is 0 Å². The van der Waals surface area contributed by atoms with Gasteiger partial charge in [0.15, 0.2) is 44.0 Å². The molecule has 7 saturated heterocycles. The van der Waals surface area contributed by atoms with Gasteiger partial charge in [0.05, 0.1) is 45.7 Å². The first-order valence-corrected chi connectivity index (χ1v) is 27.5. The number of amides is 3. The molecule has 0 aliphatic carbocycles. The molecule has 0 aromatic heterocycles. The van der Waals surface area contributed by atoms with Crippen molar-refractivity contribution in [3.8, 4) is 0 Å². The molecule has 38 nitrogen and oxygen atoms in total. The molecule has 7 aliphatic heterocycles. The number of ether oxygens (including phenoxy) is 13. The van der Waals surface area contributed by atoms with Crippen molar-refractivity contribution < 1.29 is 173 Å². The third-order valence-electron chi connectivity index (χ3n) is 15.7. The predicted octanol–water partition coefficient (Wildman–Crippen LogP) is -14.8. The molecule has 7 rings (SSSR count). The topological polar surface area (TPSA) is 592 Å². The number of nitrogens with one attached hydrogen (secondary N) is 3. The number of hydrogen-bond donors (Lipinski definition) is 22. The first kappa shape index (κ1) is 70.6. The molecule has 0 saturated carbocycles. The molecule has 0 aromatic rings. The van der Waals surface area contributed by atoms with Crippen molar-refractivity contribution in [2.45, 2.75) is 242 Å². The molecule has 3 amide bonds. The van der Waals surface area contributed by atoms with Gasteiger partial charge in [0.1, 0.15) is 165 Å². The van der Waals surface area contributed by atoms with Gasteiger partial charge in [-0.1, -0.05) is 0 Å². The molecule has 7 fully saturated rings. The van der Waals surface area contributed by atoms with Crippen molar-refractivity contribution in [1.29, 1.82) is 0 Å². The quantitative estimate of drug-likeness (QED) is 0.0507. The Morgan fingerprint density at radius 2 is 0.663 bits per heavy atom. The van der Waals surface area contributed by atoms with E-state index in [1.165, 1.54) is 6.92 Å². The number of rotatable bonds is 21. The molecule has 86 heavy (non-hydrogen) atoms. The molecule has 0 unspecified atom stereocenters. The fourth-order valence-electron chi connectivity index (χ4n) is 10.9. The van der Waals surface area contributed by atoms with Gasteiger partial charge in [-0.3, -0.25) is 14.4 Å². The Bertz CT molecular complexity index is 2170. The first-order chi connectivity index (χ1) is 40.6. The van der Waals surface area contributed by atoms with Crippen molar-refractivity contribution in [3.63, 3.8) is 0 Å². The molecule has 0 bridgehead atoms. The lowest BCUT2D eigenvalue weighted by Crippen LogP contribution is -2.71. The zero-order valence-electron chi connectivity index (χ0n) is 46.5. The second kappa shape index (κ2) is 30.5. The van der Waals surface area contributed by atoms with E-state index in [-0.39, 0.29) is 0 Å². The summed E-state index contributed by atoms with van der Waals surface area (Å²) in [4.78, 5) is 37.8. The molecule has 38 heteroatoms. The van der Waals surface area contributed by atoms with Gasteiger partial charge >= 0.3 is 0 Å². The van der Waals surface area contributed by atoms with Crippen LogP contribution < -0.4 is 16.0 Å². The predicted molar refractivity (Wildman–Crippen MR) is 265 cm³/mol. The molecule has 0 aromatic carbocycles. The van der Waals surface area contributed by atoms with Crippen LogP contribution in [0.2, 0.25) is 0 Å². The van der Waals surface area contributed by atoms with Crippen molar-refractivity contribution in [3.05, 3.63) is 0 Å². The monoisotopic (exact) mass is 1260 g/mol. The summed E-state index contributed by atoms with van der Waals surface area (Å²) in [6, 6.07) is -5.34. The number of carbonyl (C=O) groups is 3. The number of carbonyl (C=O) groups excluding carboxylic acids is 3. The summed E-state index contributed by atoms with van der Waals surface area (Å²) in [6.45, 7) is -1.57. The second-order valence-electron chi connectivity index (χ2n) is 21.8. The number of hydrogen-bond acceptors (Lipinski definition) is 35. The maximum absolute atomic E-state index is 13.0. The number of aliphatic hydroxyl groups excluding tert-OH is 19. The molecule has 7 heterocycles. The summed E-state index contributed by atoms with van der Waals surface area (Å²) in [5, 5.41) is 214. The van der Waals surface area contributed by atoms with Crippen LogP contribution in [0.4, 0.5) is 0 Å². The molecule has 0 spiro atoms. The van der Waals surface area contributed by atoms with Gasteiger partial charge in [0.25, 0.3) is 0 Å². The second-order valence-corrected chi connectivity index (χ2v) is 21.8. The van der Waals surface area contributed by atoms with Gasteiger partial charge in [0.2, 0.25) is 17.7 Å². The smallest absolute Gasteiger partial charge is 0.217 e. The van der Waals surface area contributed by atoms with Crippen LogP contribution in [0.15, 0.2) is 0 Å². The Morgan fingerprint density at radius 1 is 0.326 bits per heavy atom. The molecule has 498 valence electrons. The Balaban J connectivity index is 1.25. The van der Waals surface area contributed by atoms with Crippen LogP contribution in [0.5, 0.6) is 0 Å². The highest BCUT2D eigenvalue weighted by Gasteiger charge is 2.59. The third-order valence-corrected chi connectivity index (χ3v) is 15.7. The average Bonchev–Trinajstić information content (AvgIpc) is 1.21. The van der Waals surface area contributed by atoms with Gasteiger partial charge in [-0.2, -0.15) is 0 Å². The highest BCUT2D eigenvalue weighted by molar-refractivity contribution is 5.74. The molecule has 22 N–H and O–H groups in total. The van der Waals surface area contributed by atoms with Crippen molar-refractivity contribution in [1.82, 2.24) is 16.0 Å². The van der Waals surface area contributed by atoms with E-state index in [2.05, 4.69) is 16.0 Å². The van der Waals surface area contributed by atoms with Gasteiger partial charge in [-0.05, 0) is 6.92 Å². The maximum Gasteiger partial charge on any atom is 0.217 e. The van der Waals surface area contributed by atoms with E-state index < -0.39 is 272 Å². The largest absolute Gasteiger partial charge is 0.394 e. The minimum atomic E-state index is -2.44. The van der Waals surface area contributed by atoms with E-state index in [0.29, 0.717) is 0 Å². The van der Waals surface area contributed by atoms with Crippen LogP contribution in [0.1, 0.15) is 27.7 Å². The van der Waals surface area contributed by atoms with Crippen LogP contribution in [0, 0.1) is 0 Å². The lowest BCUT2D eigenvalue weighted by Gasteiger charge is -2.51. The summed E-state index contributed by atoms with van der Waals surface area (Å²) in [7, 11) is 0. The normalized spacial score (nSPS) is 49.4.